The minimum atomic E-state index is 0.609. The van der Waals surface area contributed by atoms with E-state index in [4.69, 9.17) is 9.47 Å². The van der Waals surface area contributed by atoms with Crippen LogP contribution in [0.1, 0.15) is 46.0 Å². The second kappa shape index (κ2) is 18.6. The summed E-state index contributed by atoms with van der Waals surface area (Å²) in [7, 11) is 1.56. The van der Waals surface area contributed by atoms with E-state index in [0.29, 0.717) is 5.92 Å². The van der Waals surface area contributed by atoms with E-state index in [1.54, 1.807) is 13.4 Å². The zero-order valence-electron chi connectivity index (χ0n) is 14.2. The lowest BCUT2D eigenvalue weighted by Crippen LogP contribution is -2.11. The third-order valence-electron chi connectivity index (χ3n) is 2.89. The summed E-state index contributed by atoms with van der Waals surface area (Å²) in [5, 5.41) is 0. The Hall–Kier alpha value is -1.38. The van der Waals surface area contributed by atoms with Gasteiger partial charge in [0, 0.05) is 0 Å². The molecule has 1 aliphatic carbocycles. The molecule has 1 rings (SSSR count). The molecule has 0 saturated heterocycles. The summed E-state index contributed by atoms with van der Waals surface area (Å²) in [5.74, 6) is 1.42. The van der Waals surface area contributed by atoms with Gasteiger partial charge in [0.15, 0.2) is 0 Å². The van der Waals surface area contributed by atoms with Crippen molar-refractivity contribution in [1.82, 2.24) is 0 Å². The number of ether oxygens (including phenoxy) is 3. The van der Waals surface area contributed by atoms with Crippen LogP contribution >= 0.6 is 0 Å². The summed E-state index contributed by atoms with van der Waals surface area (Å²) < 4.78 is 14.3. The van der Waals surface area contributed by atoms with Crippen LogP contribution in [0.4, 0.5) is 0 Å². The predicted molar refractivity (Wildman–Crippen MR) is 90.9 cm³/mol. The van der Waals surface area contributed by atoms with Crippen molar-refractivity contribution in [2.24, 2.45) is 11.8 Å². The van der Waals surface area contributed by atoms with Gasteiger partial charge in [-0.2, -0.15) is 0 Å². The van der Waals surface area contributed by atoms with Crippen LogP contribution in [-0.4, -0.2) is 20.3 Å². The van der Waals surface area contributed by atoms with E-state index in [2.05, 4.69) is 38.3 Å². The van der Waals surface area contributed by atoms with E-state index < -0.39 is 0 Å². The molecular formula is C18H34O3. The monoisotopic (exact) mass is 298 g/mol. The van der Waals surface area contributed by atoms with Gasteiger partial charge in [0.05, 0.1) is 39.1 Å². The molecule has 0 aromatic carbocycles. The summed E-state index contributed by atoms with van der Waals surface area (Å²) in [6, 6.07) is 0. The fourth-order valence-electron chi connectivity index (χ4n) is 1.82. The number of rotatable bonds is 7. The average molecular weight is 298 g/mol. The molecule has 1 saturated carbocycles. The second-order valence-electron chi connectivity index (χ2n) is 5.30. The molecule has 0 unspecified atom stereocenters. The zero-order chi connectivity index (χ0) is 16.3. The van der Waals surface area contributed by atoms with Crippen LogP contribution in [0, 0.1) is 11.8 Å². The SMILES string of the molecule is C=COC.C=COCC(C)C.C=COCC1CCCCC1. The normalized spacial score (nSPS) is 13.7. The molecule has 0 radical (unpaired) electrons. The molecule has 0 aromatic heterocycles. The molecule has 3 nitrogen and oxygen atoms in total. The van der Waals surface area contributed by atoms with E-state index in [-0.39, 0.29) is 0 Å². The lowest BCUT2D eigenvalue weighted by atomic mass is 9.90. The molecule has 124 valence electrons. The van der Waals surface area contributed by atoms with E-state index in [1.807, 2.05) is 0 Å². The molecule has 0 N–H and O–H groups in total. The maximum Gasteiger partial charge on any atom is 0.0901 e. The maximum absolute atomic E-state index is 5.14. The molecule has 3 heteroatoms. The molecular weight excluding hydrogens is 264 g/mol. The summed E-state index contributed by atoms with van der Waals surface area (Å²) in [5.41, 5.74) is 0. The minimum absolute atomic E-state index is 0.609. The van der Waals surface area contributed by atoms with Gasteiger partial charge in [0.25, 0.3) is 0 Å². The first-order valence-corrected chi connectivity index (χ1v) is 7.71. The quantitative estimate of drug-likeness (QED) is 0.596. The largest absolute Gasteiger partial charge is 0.505 e. The number of hydrogen-bond acceptors (Lipinski definition) is 3. The molecule has 0 heterocycles. The topological polar surface area (TPSA) is 27.7 Å². The zero-order valence-corrected chi connectivity index (χ0v) is 14.2. The van der Waals surface area contributed by atoms with Crippen molar-refractivity contribution >= 4 is 0 Å². The Balaban J connectivity index is 0. The van der Waals surface area contributed by atoms with Crippen LogP contribution in [0.3, 0.4) is 0 Å². The first kappa shape index (κ1) is 21.9. The molecule has 0 aliphatic heterocycles. The van der Waals surface area contributed by atoms with Gasteiger partial charge in [-0.15, -0.1) is 0 Å². The molecule has 0 amide bonds. The smallest absolute Gasteiger partial charge is 0.0901 e. The van der Waals surface area contributed by atoms with Gasteiger partial charge in [-0.1, -0.05) is 52.8 Å². The third-order valence-corrected chi connectivity index (χ3v) is 2.89. The van der Waals surface area contributed by atoms with Crippen molar-refractivity contribution in [3.63, 3.8) is 0 Å². The lowest BCUT2D eigenvalue weighted by molar-refractivity contribution is 0.166. The van der Waals surface area contributed by atoms with Crippen molar-refractivity contribution in [3.05, 3.63) is 38.5 Å². The highest BCUT2D eigenvalue weighted by atomic mass is 16.5. The molecule has 1 aliphatic rings. The molecule has 1 fully saturated rings. The van der Waals surface area contributed by atoms with Gasteiger partial charge < -0.3 is 14.2 Å². The fraction of sp³-hybridized carbons (Fsp3) is 0.667. The highest BCUT2D eigenvalue weighted by Gasteiger charge is 2.12. The van der Waals surface area contributed by atoms with Crippen molar-refractivity contribution < 1.29 is 14.2 Å². The summed E-state index contributed by atoms with van der Waals surface area (Å²) in [6.45, 7) is 16.1. The molecule has 0 aromatic rings. The maximum atomic E-state index is 5.14. The van der Waals surface area contributed by atoms with Gasteiger partial charge in [-0.05, 0) is 24.7 Å². The Labute approximate surface area is 131 Å². The van der Waals surface area contributed by atoms with Crippen LogP contribution in [0.2, 0.25) is 0 Å². The Morgan fingerprint density at radius 1 is 0.952 bits per heavy atom. The van der Waals surface area contributed by atoms with Crippen molar-refractivity contribution in [1.29, 1.82) is 0 Å². The Kier molecular flexibility index (Phi) is 19.4. The van der Waals surface area contributed by atoms with Gasteiger partial charge >= 0.3 is 0 Å². The molecule has 21 heavy (non-hydrogen) atoms. The van der Waals surface area contributed by atoms with Gasteiger partial charge in [0.2, 0.25) is 0 Å². The molecule has 0 atom stereocenters. The van der Waals surface area contributed by atoms with Crippen molar-refractivity contribution in [3.8, 4) is 0 Å². The summed E-state index contributed by atoms with van der Waals surface area (Å²) in [6.07, 6.45) is 11.3. The lowest BCUT2D eigenvalue weighted by Gasteiger charge is -2.20. The van der Waals surface area contributed by atoms with Crippen molar-refractivity contribution in [2.75, 3.05) is 20.3 Å². The third kappa shape index (κ3) is 21.1. The minimum Gasteiger partial charge on any atom is -0.505 e. The number of hydrogen-bond donors (Lipinski definition) is 0. The predicted octanol–water partition coefficient (Wildman–Crippen LogP) is 5.31. The highest BCUT2D eigenvalue weighted by Crippen LogP contribution is 2.23. The number of methoxy groups -OCH3 is 1. The van der Waals surface area contributed by atoms with Gasteiger partial charge in [-0.25, -0.2) is 0 Å². The first-order chi connectivity index (χ1) is 10.1. The van der Waals surface area contributed by atoms with E-state index >= 15 is 0 Å². The first-order valence-electron chi connectivity index (χ1n) is 7.71. The van der Waals surface area contributed by atoms with Crippen LogP contribution in [0.5, 0.6) is 0 Å². The summed E-state index contributed by atoms with van der Waals surface area (Å²) in [4.78, 5) is 0. The van der Waals surface area contributed by atoms with Gasteiger partial charge in [-0.3, -0.25) is 0 Å². The molecule has 0 bridgehead atoms. The summed E-state index contributed by atoms with van der Waals surface area (Å²) >= 11 is 0. The van der Waals surface area contributed by atoms with Crippen LogP contribution in [0.15, 0.2) is 38.5 Å². The second-order valence-corrected chi connectivity index (χ2v) is 5.30. The van der Waals surface area contributed by atoms with E-state index in [1.165, 1.54) is 44.6 Å². The van der Waals surface area contributed by atoms with Crippen LogP contribution < -0.4 is 0 Å². The average Bonchev–Trinajstić information content (AvgIpc) is 2.52. The van der Waals surface area contributed by atoms with E-state index in [0.717, 1.165) is 19.1 Å². The van der Waals surface area contributed by atoms with Crippen LogP contribution in [0.25, 0.3) is 0 Å². The standard InChI is InChI=1S/C9H16O.C6H12O.C3H6O/c1-2-10-8-9-6-4-3-5-7-9;1-4-7-5-6(2)3;1-3-4-2/h2,9H,1,3-8H2;4,6H,1,5H2,2-3H3;3H,1H2,2H3. The van der Waals surface area contributed by atoms with Crippen LogP contribution in [-0.2, 0) is 14.2 Å². The Morgan fingerprint density at radius 3 is 1.81 bits per heavy atom. The Morgan fingerprint density at radius 2 is 1.48 bits per heavy atom. The van der Waals surface area contributed by atoms with E-state index in [9.17, 15) is 0 Å². The molecule has 0 spiro atoms. The van der Waals surface area contributed by atoms with Crippen molar-refractivity contribution in [2.45, 2.75) is 46.0 Å². The van der Waals surface area contributed by atoms with Gasteiger partial charge in [0.1, 0.15) is 0 Å². The Bertz CT molecular complexity index is 231. The highest BCUT2D eigenvalue weighted by molar-refractivity contribution is 4.65. The fourth-order valence-corrected chi connectivity index (χ4v) is 1.82.